The molecule has 1 saturated heterocycles. The predicted molar refractivity (Wildman–Crippen MR) is 154 cm³/mol. The van der Waals surface area contributed by atoms with Crippen molar-refractivity contribution in [2.24, 2.45) is 0 Å². The molecule has 6 rings (SSSR count). The SMILES string of the molecule is COc1ccc(Cn2ncc(NC(C)COCc3cn(C4CN(c5ncc(C6CC6)cn5)C4)nn3)c(C(F)(F)F)c2=O)cc1. The molecule has 1 N–H and O–H groups in total. The Kier molecular flexibility index (Phi) is 8.21. The highest BCUT2D eigenvalue weighted by molar-refractivity contribution is 5.50. The summed E-state index contributed by atoms with van der Waals surface area (Å²) in [4.78, 5) is 23.9. The lowest BCUT2D eigenvalue weighted by Crippen LogP contribution is -2.48. The van der Waals surface area contributed by atoms with E-state index in [1.807, 2.05) is 12.4 Å². The van der Waals surface area contributed by atoms with Crippen LogP contribution in [-0.2, 0) is 24.1 Å². The Morgan fingerprint density at radius 1 is 1.09 bits per heavy atom. The molecule has 0 spiro atoms. The number of aromatic nitrogens is 7. The summed E-state index contributed by atoms with van der Waals surface area (Å²) in [6.45, 7) is 3.14. The fourth-order valence-corrected chi connectivity index (χ4v) is 5.00. The van der Waals surface area contributed by atoms with Gasteiger partial charge in [-0.15, -0.1) is 5.10 Å². The molecule has 0 radical (unpaired) electrons. The van der Waals surface area contributed by atoms with Crippen molar-refractivity contribution in [3.63, 3.8) is 0 Å². The standard InChI is InChI=1S/C29H32F3N9O3/c1-18(36-25-11-35-41(27(42)26(25)29(30,31)32)12-19-3-7-24(43-2)8-4-19)16-44-17-22-13-40(38-37-22)23-14-39(15-23)28-33-9-21(10-34-28)20-5-6-20/h3-4,7-11,13,18,20,23,36H,5-6,12,14-17H2,1-2H3. The van der Waals surface area contributed by atoms with Gasteiger partial charge >= 0.3 is 6.18 Å². The molecule has 44 heavy (non-hydrogen) atoms. The van der Waals surface area contributed by atoms with Crippen molar-refractivity contribution in [1.82, 2.24) is 34.7 Å². The first-order chi connectivity index (χ1) is 21.2. The first-order valence-electron chi connectivity index (χ1n) is 14.3. The lowest BCUT2D eigenvalue weighted by molar-refractivity contribution is -0.138. The van der Waals surface area contributed by atoms with Crippen LogP contribution in [0.5, 0.6) is 5.75 Å². The second-order valence-electron chi connectivity index (χ2n) is 11.1. The van der Waals surface area contributed by atoms with E-state index in [9.17, 15) is 18.0 Å². The fraction of sp³-hybridized carbons (Fsp3) is 0.448. The van der Waals surface area contributed by atoms with Crippen LogP contribution in [0.4, 0.5) is 24.8 Å². The Labute approximate surface area is 250 Å². The summed E-state index contributed by atoms with van der Waals surface area (Å²) in [5.41, 5.74) is -0.554. The Morgan fingerprint density at radius 3 is 2.48 bits per heavy atom. The number of halogens is 3. The first-order valence-corrected chi connectivity index (χ1v) is 14.3. The maximum atomic E-state index is 14.0. The second-order valence-corrected chi connectivity index (χ2v) is 11.1. The van der Waals surface area contributed by atoms with Crippen LogP contribution in [-0.4, -0.2) is 67.6 Å². The van der Waals surface area contributed by atoms with Crippen molar-refractivity contribution in [3.05, 3.63) is 81.8 Å². The van der Waals surface area contributed by atoms with Gasteiger partial charge in [-0.05, 0) is 48.9 Å². The van der Waals surface area contributed by atoms with E-state index in [1.54, 1.807) is 42.1 Å². The summed E-state index contributed by atoms with van der Waals surface area (Å²) < 4.78 is 55.2. The van der Waals surface area contributed by atoms with Crippen molar-refractivity contribution >= 4 is 11.6 Å². The van der Waals surface area contributed by atoms with Gasteiger partial charge in [0, 0.05) is 31.5 Å². The summed E-state index contributed by atoms with van der Waals surface area (Å²) >= 11 is 0. The van der Waals surface area contributed by atoms with Crippen molar-refractivity contribution in [1.29, 1.82) is 0 Å². The number of ether oxygens (including phenoxy) is 2. The summed E-state index contributed by atoms with van der Waals surface area (Å²) in [6, 6.07) is 6.22. The Hall–Kier alpha value is -4.53. The van der Waals surface area contributed by atoms with Crippen LogP contribution in [0.25, 0.3) is 0 Å². The van der Waals surface area contributed by atoms with Crippen molar-refractivity contribution < 1.29 is 22.6 Å². The molecule has 232 valence electrons. The minimum Gasteiger partial charge on any atom is -0.497 e. The molecule has 2 fully saturated rings. The zero-order valence-corrected chi connectivity index (χ0v) is 24.2. The highest BCUT2D eigenvalue weighted by Gasteiger charge is 2.38. The van der Waals surface area contributed by atoms with Gasteiger partial charge in [0.2, 0.25) is 5.95 Å². The van der Waals surface area contributed by atoms with Gasteiger partial charge in [-0.3, -0.25) is 4.79 Å². The monoisotopic (exact) mass is 611 g/mol. The second kappa shape index (κ2) is 12.2. The highest BCUT2D eigenvalue weighted by Crippen LogP contribution is 2.39. The number of anilines is 2. The Bertz CT molecular complexity index is 1630. The average Bonchev–Trinajstić information content (AvgIpc) is 3.73. The van der Waals surface area contributed by atoms with Gasteiger partial charge < -0.3 is 19.7 Å². The third-order valence-electron chi connectivity index (χ3n) is 7.62. The van der Waals surface area contributed by atoms with Crippen LogP contribution in [0.1, 0.15) is 54.1 Å². The molecule has 1 aromatic carbocycles. The van der Waals surface area contributed by atoms with Gasteiger partial charge in [0.1, 0.15) is 17.0 Å². The van der Waals surface area contributed by atoms with E-state index in [4.69, 9.17) is 9.47 Å². The normalized spacial score (nSPS) is 16.1. The predicted octanol–water partition coefficient (Wildman–Crippen LogP) is 3.66. The molecule has 0 bridgehead atoms. The summed E-state index contributed by atoms with van der Waals surface area (Å²) in [5.74, 6) is 1.91. The lowest BCUT2D eigenvalue weighted by Gasteiger charge is -2.38. The quantitative estimate of drug-likeness (QED) is 0.254. The Morgan fingerprint density at radius 2 is 1.82 bits per heavy atom. The number of rotatable bonds is 12. The van der Waals surface area contributed by atoms with Gasteiger partial charge in [0.15, 0.2) is 0 Å². The van der Waals surface area contributed by atoms with E-state index < -0.39 is 29.0 Å². The molecule has 3 aromatic heterocycles. The molecular weight excluding hydrogens is 579 g/mol. The molecule has 1 atom stereocenters. The molecule has 1 unspecified atom stereocenters. The van der Waals surface area contributed by atoms with Crippen LogP contribution < -0.4 is 20.5 Å². The summed E-state index contributed by atoms with van der Waals surface area (Å²) in [7, 11) is 1.51. The largest absolute Gasteiger partial charge is 0.497 e. The van der Waals surface area contributed by atoms with Gasteiger partial charge in [0.25, 0.3) is 5.56 Å². The van der Waals surface area contributed by atoms with Gasteiger partial charge in [-0.2, -0.15) is 18.3 Å². The number of hydrogen-bond donors (Lipinski definition) is 1. The fourth-order valence-electron chi connectivity index (χ4n) is 5.00. The molecule has 1 aliphatic carbocycles. The van der Waals surface area contributed by atoms with E-state index in [1.165, 1.54) is 25.5 Å². The molecular formula is C29H32F3N9O3. The van der Waals surface area contributed by atoms with Gasteiger partial charge in [-0.1, -0.05) is 17.3 Å². The van der Waals surface area contributed by atoms with E-state index in [0.29, 0.717) is 42.0 Å². The third-order valence-corrected chi connectivity index (χ3v) is 7.62. The van der Waals surface area contributed by atoms with Crippen LogP contribution in [0.2, 0.25) is 0 Å². The molecule has 1 saturated carbocycles. The van der Waals surface area contributed by atoms with Crippen LogP contribution in [0, 0.1) is 0 Å². The molecule has 0 amide bonds. The first kappa shape index (κ1) is 29.5. The maximum absolute atomic E-state index is 14.0. The van der Waals surface area contributed by atoms with E-state index in [-0.39, 0.29) is 25.8 Å². The van der Waals surface area contributed by atoms with Crippen LogP contribution in [0.15, 0.2) is 53.8 Å². The van der Waals surface area contributed by atoms with Crippen molar-refractivity contribution in [2.75, 3.05) is 37.0 Å². The Balaban J connectivity index is 1.00. The number of benzene rings is 1. The zero-order valence-electron chi connectivity index (χ0n) is 24.2. The minimum atomic E-state index is -4.88. The highest BCUT2D eigenvalue weighted by atomic mass is 19.4. The lowest BCUT2D eigenvalue weighted by atomic mass is 10.1. The molecule has 12 nitrogen and oxygen atoms in total. The van der Waals surface area contributed by atoms with Crippen LogP contribution in [0.3, 0.4) is 0 Å². The maximum Gasteiger partial charge on any atom is 0.423 e. The number of nitrogens with zero attached hydrogens (tertiary/aromatic N) is 8. The molecule has 4 aromatic rings. The number of hydrogen-bond acceptors (Lipinski definition) is 10. The number of alkyl halides is 3. The molecule has 15 heteroatoms. The van der Waals surface area contributed by atoms with E-state index in [2.05, 4.69) is 35.6 Å². The molecule has 1 aliphatic heterocycles. The third kappa shape index (κ3) is 6.67. The van der Waals surface area contributed by atoms with Gasteiger partial charge in [-0.25, -0.2) is 19.3 Å². The van der Waals surface area contributed by atoms with Crippen molar-refractivity contribution in [2.45, 2.75) is 57.1 Å². The molecule has 2 aliphatic rings. The van der Waals surface area contributed by atoms with Gasteiger partial charge in [0.05, 0.1) is 51.0 Å². The van der Waals surface area contributed by atoms with E-state index >= 15 is 0 Å². The van der Waals surface area contributed by atoms with Crippen LogP contribution >= 0.6 is 0 Å². The minimum absolute atomic E-state index is 0.0600. The number of nitrogens with one attached hydrogen (secondary N) is 1. The topological polar surface area (TPSA) is 125 Å². The average molecular weight is 612 g/mol. The van der Waals surface area contributed by atoms with E-state index in [0.717, 1.165) is 10.9 Å². The smallest absolute Gasteiger partial charge is 0.423 e. The number of methoxy groups -OCH3 is 1. The molecule has 4 heterocycles. The zero-order chi connectivity index (χ0) is 30.8. The summed E-state index contributed by atoms with van der Waals surface area (Å²) in [6.07, 6.45) is 4.17. The van der Waals surface area contributed by atoms with Crippen molar-refractivity contribution in [3.8, 4) is 5.75 Å². The summed E-state index contributed by atoms with van der Waals surface area (Å²) in [5, 5.41) is 15.1.